The highest BCUT2D eigenvalue weighted by Crippen LogP contribution is 2.30. The normalized spacial score (nSPS) is 11.1. The molecule has 0 aliphatic rings. The first-order valence-corrected chi connectivity index (χ1v) is 9.87. The fourth-order valence-electron chi connectivity index (χ4n) is 3.51. The summed E-state index contributed by atoms with van der Waals surface area (Å²) in [5, 5.41) is 5.93. The highest BCUT2D eigenvalue weighted by molar-refractivity contribution is 9.10. The van der Waals surface area contributed by atoms with Crippen LogP contribution in [0.2, 0.25) is 0 Å². The third-order valence-corrected chi connectivity index (χ3v) is 5.33. The maximum atomic E-state index is 13.5. The Balaban J connectivity index is 1.65. The van der Waals surface area contributed by atoms with Crippen molar-refractivity contribution in [2.75, 3.05) is 5.32 Å². The van der Waals surface area contributed by atoms with Crippen LogP contribution in [0.4, 0.5) is 11.5 Å². The van der Waals surface area contributed by atoms with Crippen LogP contribution in [-0.2, 0) is 0 Å². The molecule has 0 bridgehead atoms. The fraction of sp³-hybridized carbons (Fsp3) is 0. The van der Waals surface area contributed by atoms with Crippen molar-refractivity contribution in [3.8, 4) is 0 Å². The van der Waals surface area contributed by atoms with E-state index in [1.807, 2.05) is 66.7 Å². The number of rotatable bonds is 4. The lowest BCUT2D eigenvalue weighted by atomic mass is 9.97. The van der Waals surface area contributed by atoms with Gasteiger partial charge in [0.2, 0.25) is 0 Å². The Bertz CT molecular complexity index is 1370. The van der Waals surface area contributed by atoms with Crippen molar-refractivity contribution in [1.82, 2.24) is 15.0 Å². The third-order valence-electron chi connectivity index (χ3n) is 4.84. The van der Waals surface area contributed by atoms with Gasteiger partial charge in [0.15, 0.2) is 5.78 Å². The molecule has 5 aromatic rings. The van der Waals surface area contributed by atoms with Crippen molar-refractivity contribution in [2.45, 2.75) is 0 Å². The van der Waals surface area contributed by atoms with Gasteiger partial charge in [-0.05, 0) is 29.0 Å². The molecule has 29 heavy (non-hydrogen) atoms. The smallest absolute Gasteiger partial charge is 0.195 e. The SMILES string of the molecule is O=C(c1cccc2ccccc12)c1c[nH]c2ncnc(Nc3cccc(Br)c3)c12. The molecule has 0 radical (unpaired) electrons. The number of benzene rings is 3. The van der Waals surface area contributed by atoms with Gasteiger partial charge in [-0.2, -0.15) is 0 Å². The largest absolute Gasteiger partial charge is 0.345 e. The van der Waals surface area contributed by atoms with Crippen molar-refractivity contribution in [2.24, 2.45) is 0 Å². The van der Waals surface area contributed by atoms with Crippen LogP contribution in [0.15, 0.2) is 83.7 Å². The second-order valence-electron chi connectivity index (χ2n) is 6.64. The summed E-state index contributed by atoms with van der Waals surface area (Å²) in [6.45, 7) is 0. The van der Waals surface area contributed by atoms with Gasteiger partial charge in [0.1, 0.15) is 17.8 Å². The van der Waals surface area contributed by atoms with Gasteiger partial charge in [0, 0.05) is 21.9 Å². The molecular weight excluding hydrogens is 428 g/mol. The van der Waals surface area contributed by atoms with Gasteiger partial charge in [0.05, 0.1) is 10.9 Å². The van der Waals surface area contributed by atoms with Gasteiger partial charge in [-0.25, -0.2) is 9.97 Å². The Labute approximate surface area is 175 Å². The molecule has 0 aliphatic heterocycles. The van der Waals surface area contributed by atoms with E-state index in [1.165, 1.54) is 6.33 Å². The Kier molecular flexibility index (Phi) is 4.33. The van der Waals surface area contributed by atoms with Crippen LogP contribution in [0, 0.1) is 0 Å². The second-order valence-corrected chi connectivity index (χ2v) is 7.56. The number of carbonyl (C=O) groups excluding carboxylic acids is 1. The Morgan fingerprint density at radius 1 is 0.931 bits per heavy atom. The first-order chi connectivity index (χ1) is 14.2. The van der Waals surface area contributed by atoms with Gasteiger partial charge < -0.3 is 10.3 Å². The number of hydrogen-bond donors (Lipinski definition) is 2. The summed E-state index contributed by atoms with van der Waals surface area (Å²) in [7, 11) is 0. The van der Waals surface area contributed by atoms with Crippen LogP contribution in [-0.4, -0.2) is 20.7 Å². The molecule has 5 nitrogen and oxygen atoms in total. The van der Waals surface area contributed by atoms with Crippen molar-refractivity contribution >= 4 is 55.0 Å². The molecule has 0 saturated heterocycles. The second kappa shape index (κ2) is 7.14. The maximum absolute atomic E-state index is 13.5. The lowest BCUT2D eigenvalue weighted by Crippen LogP contribution is -2.03. The highest BCUT2D eigenvalue weighted by Gasteiger charge is 2.20. The highest BCUT2D eigenvalue weighted by atomic mass is 79.9. The van der Waals surface area contributed by atoms with E-state index in [0.29, 0.717) is 28.0 Å². The number of halogens is 1. The predicted molar refractivity (Wildman–Crippen MR) is 119 cm³/mol. The van der Waals surface area contributed by atoms with E-state index in [0.717, 1.165) is 20.9 Å². The molecule has 6 heteroatoms. The molecule has 0 atom stereocenters. The van der Waals surface area contributed by atoms with Gasteiger partial charge in [0.25, 0.3) is 0 Å². The van der Waals surface area contributed by atoms with E-state index < -0.39 is 0 Å². The van der Waals surface area contributed by atoms with Crippen LogP contribution in [0.25, 0.3) is 21.8 Å². The van der Waals surface area contributed by atoms with E-state index in [2.05, 4.69) is 36.2 Å². The molecule has 0 saturated carbocycles. The van der Waals surface area contributed by atoms with Crippen LogP contribution < -0.4 is 5.32 Å². The minimum atomic E-state index is -0.0693. The molecule has 0 amide bonds. The van der Waals surface area contributed by atoms with Crippen molar-refractivity contribution < 1.29 is 4.79 Å². The maximum Gasteiger partial charge on any atom is 0.195 e. The minimum Gasteiger partial charge on any atom is -0.345 e. The lowest BCUT2D eigenvalue weighted by molar-refractivity contribution is 0.104. The third kappa shape index (κ3) is 3.17. The number of carbonyl (C=O) groups is 1. The number of nitrogens with one attached hydrogen (secondary N) is 2. The van der Waals surface area contributed by atoms with E-state index in [4.69, 9.17) is 0 Å². The summed E-state index contributed by atoms with van der Waals surface area (Å²) in [5.41, 5.74) is 2.67. The molecule has 140 valence electrons. The zero-order valence-electron chi connectivity index (χ0n) is 15.2. The number of H-pyrrole nitrogens is 1. The topological polar surface area (TPSA) is 70.7 Å². The summed E-state index contributed by atoms with van der Waals surface area (Å²) in [6.07, 6.45) is 3.18. The molecule has 0 unspecified atom stereocenters. The first kappa shape index (κ1) is 17.6. The molecule has 0 spiro atoms. The summed E-state index contributed by atoms with van der Waals surface area (Å²) in [5.74, 6) is 0.512. The number of fused-ring (bicyclic) bond motifs is 2. The summed E-state index contributed by atoms with van der Waals surface area (Å²) >= 11 is 3.48. The molecule has 5 rings (SSSR count). The number of hydrogen-bond acceptors (Lipinski definition) is 4. The number of ketones is 1. The molecule has 2 aromatic heterocycles. The van der Waals surface area contributed by atoms with Crippen LogP contribution in [0.5, 0.6) is 0 Å². The van der Waals surface area contributed by atoms with E-state index in [1.54, 1.807) is 6.20 Å². The summed E-state index contributed by atoms with van der Waals surface area (Å²) in [6, 6.07) is 21.4. The molecule has 3 aromatic carbocycles. The van der Waals surface area contributed by atoms with Gasteiger partial charge >= 0.3 is 0 Å². The van der Waals surface area contributed by atoms with Gasteiger partial charge in [-0.1, -0.05) is 64.5 Å². The predicted octanol–water partition coefficient (Wildman–Crippen LogP) is 5.85. The average molecular weight is 443 g/mol. The first-order valence-electron chi connectivity index (χ1n) is 9.08. The zero-order valence-corrected chi connectivity index (χ0v) is 16.8. The molecular formula is C23H15BrN4O. The van der Waals surface area contributed by atoms with Crippen molar-refractivity contribution in [3.63, 3.8) is 0 Å². The van der Waals surface area contributed by atoms with Crippen molar-refractivity contribution in [3.05, 3.63) is 94.9 Å². The Hall–Kier alpha value is -3.51. The van der Waals surface area contributed by atoms with E-state index in [9.17, 15) is 4.79 Å². The number of anilines is 2. The molecule has 2 heterocycles. The number of nitrogens with zero attached hydrogens (tertiary/aromatic N) is 2. The fourth-order valence-corrected chi connectivity index (χ4v) is 3.91. The standard InChI is InChI=1S/C23H15BrN4O/c24-15-7-4-8-16(11-15)28-23-20-19(12-25-22(20)26-13-27-23)21(29)18-10-3-6-14-5-1-2-9-17(14)18/h1-13H,(H2,25,26,27,28). The van der Waals surface area contributed by atoms with Crippen molar-refractivity contribution in [1.29, 1.82) is 0 Å². The lowest BCUT2D eigenvalue weighted by Gasteiger charge is -2.09. The average Bonchev–Trinajstić information content (AvgIpc) is 3.18. The van der Waals surface area contributed by atoms with E-state index >= 15 is 0 Å². The Morgan fingerprint density at radius 2 is 1.76 bits per heavy atom. The summed E-state index contributed by atoms with van der Waals surface area (Å²) in [4.78, 5) is 25.3. The molecule has 0 fully saturated rings. The Morgan fingerprint density at radius 3 is 2.66 bits per heavy atom. The number of aromatic amines is 1. The molecule has 2 N–H and O–H groups in total. The number of aromatic nitrogens is 3. The van der Waals surface area contributed by atoms with Crippen LogP contribution >= 0.6 is 15.9 Å². The van der Waals surface area contributed by atoms with E-state index in [-0.39, 0.29) is 5.78 Å². The summed E-state index contributed by atoms with van der Waals surface area (Å²) < 4.78 is 0.953. The van der Waals surface area contributed by atoms with Gasteiger partial charge in [-0.3, -0.25) is 4.79 Å². The monoisotopic (exact) mass is 442 g/mol. The zero-order chi connectivity index (χ0) is 19.8. The van der Waals surface area contributed by atoms with Crippen LogP contribution in [0.3, 0.4) is 0 Å². The minimum absolute atomic E-state index is 0.0693. The van der Waals surface area contributed by atoms with Crippen LogP contribution in [0.1, 0.15) is 15.9 Å². The quantitative estimate of drug-likeness (QED) is 0.342. The molecule has 0 aliphatic carbocycles. The van der Waals surface area contributed by atoms with Gasteiger partial charge in [-0.15, -0.1) is 0 Å².